The van der Waals surface area contributed by atoms with Crippen LogP contribution in [-0.2, 0) is 9.59 Å². The summed E-state index contributed by atoms with van der Waals surface area (Å²) in [6, 6.07) is 0.604. The number of hydrogen-bond donors (Lipinski definition) is 2. The van der Waals surface area contributed by atoms with Gasteiger partial charge in [-0.3, -0.25) is 9.59 Å². The molecule has 5 nitrogen and oxygen atoms in total. The molecule has 2 amide bonds. The highest BCUT2D eigenvalue weighted by atomic mass is 16.2. The van der Waals surface area contributed by atoms with Gasteiger partial charge in [-0.25, -0.2) is 0 Å². The third-order valence-corrected chi connectivity index (χ3v) is 4.24. The number of rotatable bonds is 14. The predicted molar refractivity (Wildman–Crippen MR) is 96.4 cm³/mol. The number of nitrogens with zero attached hydrogens (tertiary/aromatic N) is 1. The molecule has 0 aliphatic rings. The fraction of sp³-hybridized carbons (Fsp3) is 0.889. The van der Waals surface area contributed by atoms with Gasteiger partial charge >= 0.3 is 0 Å². The summed E-state index contributed by atoms with van der Waals surface area (Å²) in [4.78, 5) is 25.6. The number of hydrogen-bond acceptors (Lipinski definition) is 3. The third-order valence-electron chi connectivity index (χ3n) is 4.24. The molecule has 0 heterocycles. The van der Waals surface area contributed by atoms with Crippen LogP contribution in [0.25, 0.3) is 0 Å². The molecule has 2 N–H and O–H groups in total. The minimum atomic E-state index is -0.0263. The van der Waals surface area contributed by atoms with Gasteiger partial charge in [-0.05, 0) is 39.3 Å². The lowest BCUT2D eigenvalue weighted by Crippen LogP contribution is -2.33. The van der Waals surface area contributed by atoms with E-state index in [0.717, 1.165) is 45.2 Å². The van der Waals surface area contributed by atoms with Crippen LogP contribution in [0, 0.1) is 0 Å². The van der Waals surface area contributed by atoms with Gasteiger partial charge in [0.15, 0.2) is 0 Å². The topological polar surface area (TPSA) is 61.4 Å². The molecule has 0 saturated heterocycles. The van der Waals surface area contributed by atoms with E-state index >= 15 is 0 Å². The van der Waals surface area contributed by atoms with Gasteiger partial charge in [-0.1, -0.05) is 33.6 Å². The summed E-state index contributed by atoms with van der Waals surface area (Å²) in [5.41, 5.74) is 0. The standard InChI is InChI=1S/C18H37N3O2/c1-5-8-14-19-17(22)12-13-18(23)20-15-10-9-11-16(4)21(6-2)7-3/h16H,5-15H2,1-4H3,(H,19,22)(H,20,23). The lowest BCUT2D eigenvalue weighted by Gasteiger charge is -2.26. The molecule has 0 aromatic carbocycles. The van der Waals surface area contributed by atoms with Crippen LogP contribution in [0.2, 0.25) is 0 Å². The average molecular weight is 328 g/mol. The van der Waals surface area contributed by atoms with Crippen molar-refractivity contribution in [1.29, 1.82) is 0 Å². The fourth-order valence-corrected chi connectivity index (χ4v) is 2.63. The molecule has 0 aromatic rings. The number of amides is 2. The molecule has 0 rings (SSSR count). The summed E-state index contributed by atoms with van der Waals surface area (Å²) in [6.45, 7) is 12.3. The summed E-state index contributed by atoms with van der Waals surface area (Å²) < 4.78 is 0. The van der Waals surface area contributed by atoms with E-state index < -0.39 is 0 Å². The number of carbonyl (C=O) groups excluding carboxylic acids is 2. The predicted octanol–water partition coefficient (Wildman–Crippen LogP) is 2.70. The highest BCUT2D eigenvalue weighted by Crippen LogP contribution is 2.07. The van der Waals surface area contributed by atoms with Crippen molar-refractivity contribution in [2.24, 2.45) is 0 Å². The Bertz CT molecular complexity index is 317. The fourth-order valence-electron chi connectivity index (χ4n) is 2.63. The first kappa shape index (κ1) is 21.9. The molecule has 1 unspecified atom stereocenters. The van der Waals surface area contributed by atoms with Gasteiger partial charge in [0.1, 0.15) is 0 Å². The van der Waals surface area contributed by atoms with Crippen molar-refractivity contribution < 1.29 is 9.59 Å². The van der Waals surface area contributed by atoms with Crippen LogP contribution >= 0.6 is 0 Å². The van der Waals surface area contributed by atoms with Gasteiger partial charge in [-0.15, -0.1) is 0 Å². The molecule has 0 fully saturated rings. The Morgan fingerprint density at radius 2 is 1.39 bits per heavy atom. The highest BCUT2D eigenvalue weighted by molar-refractivity contribution is 5.83. The van der Waals surface area contributed by atoms with E-state index in [-0.39, 0.29) is 24.7 Å². The van der Waals surface area contributed by atoms with Crippen LogP contribution in [0.4, 0.5) is 0 Å². The summed E-state index contributed by atoms with van der Waals surface area (Å²) in [7, 11) is 0. The molecule has 0 aromatic heterocycles. The maximum absolute atomic E-state index is 11.7. The lowest BCUT2D eigenvalue weighted by molar-refractivity contribution is -0.126. The van der Waals surface area contributed by atoms with Gasteiger partial charge in [0.25, 0.3) is 0 Å². The van der Waals surface area contributed by atoms with Crippen LogP contribution in [0.5, 0.6) is 0 Å². The zero-order valence-electron chi connectivity index (χ0n) is 15.6. The van der Waals surface area contributed by atoms with Crippen LogP contribution in [0.15, 0.2) is 0 Å². The van der Waals surface area contributed by atoms with E-state index in [0.29, 0.717) is 19.1 Å². The first-order valence-corrected chi connectivity index (χ1v) is 9.32. The Hall–Kier alpha value is -1.10. The van der Waals surface area contributed by atoms with Crippen LogP contribution in [-0.4, -0.2) is 48.9 Å². The number of carbonyl (C=O) groups is 2. The molecule has 0 aliphatic carbocycles. The molecule has 23 heavy (non-hydrogen) atoms. The average Bonchev–Trinajstić information content (AvgIpc) is 2.54. The molecule has 1 atom stereocenters. The summed E-state index contributed by atoms with van der Waals surface area (Å²) in [5, 5.41) is 5.73. The second-order valence-electron chi connectivity index (χ2n) is 6.12. The molecule has 0 saturated carbocycles. The highest BCUT2D eigenvalue weighted by Gasteiger charge is 2.09. The third kappa shape index (κ3) is 12.0. The largest absolute Gasteiger partial charge is 0.356 e. The van der Waals surface area contributed by atoms with E-state index in [1.54, 1.807) is 0 Å². The zero-order chi connectivity index (χ0) is 17.5. The molecule has 5 heteroatoms. The minimum Gasteiger partial charge on any atom is -0.356 e. The molecule has 0 bridgehead atoms. The summed E-state index contributed by atoms with van der Waals surface area (Å²) >= 11 is 0. The van der Waals surface area contributed by atoms with Crippen molar-refractivity contribution in [3.63, 3.8) is 0 Å². The Labute approximate surface area is 142 Å². The summed E-state index contributed by atoms with van der Waals surface area (Å²) in [6.07, 6.45) is 5.91. The summed E-state index contributed by atoms with van der Waals surface area (Å²) in [5.74, 6) is -0.0471. The second kappa shape index (κ2) is 14.5. The maximum atomic E-state index is 11.7. The Morgan fingerprint density at radius 1 is 0.870 bits per heavy atom. The molecular weight excluding hydrogens is 290 g/mol. The van der Waals surface area contributed by atoms with Crippen LogP contribution in [0.1, 0.15) is 72.6 Å². The zero-order valence-corrected chi connectivity index (χ0v) is 15.6. The normalized spacial score (nSPS) is 12.2. The Kier molecular flexibility index (Phi) is 13.8. The monoisotopic (exact) mass is 327 g/mol. The van der Waals surface area contributed by atoms with E-state index in [1.165, 1.54) is 0 Å². The van der Waals surface area contributed by atoms with Gasteiger partial charge in [-0.2, -0.15) is 0 Å². The van der Waals surface area contributed by atoms with Crippen LogP contribution in [0.3, 0.4) is 0 Å². The van der Waals surface area contributed by atoms with Gasteiger partial charge in [0.05, 0.1) is 0 Å². The van der Waals surface area contributed by atoms with Crippen molar-refractivity contribution >= 4 is 11.8 Å². The molecule has 0 radical (unpaired) electrons. The van der Waals surface area contributed by atoms with E-state index in [9.17, 15) is 9.59 Å². The maximum Gasteiger partial charge on any atom is 0.220 e. The minimum absolute atomic E-state index is 0.0209. The first-order valence-electron chi connectivity index (χ1n) is 9.32. The van der Waals surface area contributed by atoms with Crippen molar-refractivity contribution in [3.8, 4) is 0 Å². The molecular formula is C18H37N3O2. The number of nitrogens with one attached hydrogen (secondary N) is 2. The van der Waals surface area contributed by atoms with Crippen LogP contribution < -0.4 is 10.6 Å². The van der Waals surface area contributed by atoms with Crippen molar-refractivity contribution in [1.82, 2.24) is 15.5 Å². The van der Waals surface area contributed by atoms with Gasteiger partial charge in [0.2, 0.25) is 11.8 Å². The molecule has 0 aliphatic heterocycles. The second-order valence-corrected chi connectivity index (χ2v) is 6.12. The van der Waals surface area contributed by atoms with E-state index in [2.05, 4.69) is 43.2 Å². The van der Waals surface area contributed by atoms with Gasteiger partial charge in [0, 0.05) is 32.0 Å². The van der Waals surface area contributed by atoms with Gasteiger partial charge < -0.3 is 15.5 Å². The quantitative estimate of drug-likeness (QED) is 0.482. The number of unbranched alkanes of at least 4 members (excludes halogenated alkanes) is 2. The van der Waals surface area contributed by atoms with Crippen molar-refractivity contribution in [2.75, 3.05) is 26.2 Å². The SMILES string of the molecule is CCCCNC(=O)CCC(=O)NCCCCC(C)N(CC)CC. The first-order chi connectivity index (χ1) is 11.0. The smallest absolute Gasteiger partial charge is 0.220 e. The van der Waals surface area contributed by atoms with E-state index in [1.807, 2.05) is 0 Å². The lowest BCUT2D eigenvalue weighted by atomic mass is 10.1. The van der Waals surface area contributed by atoms with Crippen molar-refractivity contribution in [3.05, 3.63) is 0 Å². The van der Waals surface area contributed by atoms with E-state index in [4.69, 9.17) is 0 Å². The van der Waals surface area contributed by atoms with Crippen molar-refractivity contribution in [2.45, 2.75) is 78.7 Å². The molecule has 0 spiro atoms. The molecule has 136 valence electrons. The Morgan fingerprint density at radius 3 is 1.87 bits per heavy atom. The Balaban J connectivity index is 3.58.